The molecule has 1 aliphatic carbocycles. The van der Waals surface area contributed by atoms with Crippen LogP contribution in [0.4, 0.5) is 4.39 Å². The second kappa shape index (κ2) is 5.13. The molecule has 0 bridgehead atoms. The molecule has 0 saturated heterocycles. The molecule has 0 atom stereocenters. The smallest absolute Gasteiger partial charge is 0.123 e. The van der Waals surface area contributed by atoms with Crippen molar-refractivity contribution in [1.82, 2.24) is 14.5 Å². The molecule has 0 unspecified atom stereocenters. The number of halogens is 1. The Hall–Kier alpha value is -1.68. The molecule has 100 valence electrons. The molecular formula is C15H18FN3. The lowest BCUT2D eigenvalue weighted by atomic mass is 10.2. The molecule has 0 radical (unpaired) electrons. The van der Waals surface area contributed by atoms with Crippen molar-refractivity contribution in [2.24, 2.45) is 7.05 Å². The Morgan fingerprint density at radius 2 is 2.00 bits per heavy atom. The van der Waals surface area contributed by atoms with E-state index >= 15 is 0 Å². The molecule has 4 heteroatoms. The number of aromatic nitrogens is 2. The van der Waals surface area contributed by atoms with Crippen molar-refractivity contribution in [2.75, 3.05) is 0 Å². The van der Waals surface area contributed by atoms with Crippen LogP contribution in [0.5, 0.6) is 0 Å². The predicted molar refractivity (Wildman–Crippen MR) is 71.9 cm³/mol. The van der Waals surface area contributed by atoms with Crippen LogP contribution in [-0.2, 0) is 20.1 Å². The van der Waals surface area contributed by atoms with Crippen LogP contribution in [0.3, 0.4) is 0 Å². The van der Waals surface area contributed by atoms with Gasteiger partial charge in [-0.2, -0.15) is 0 Å². The highest BCUT2D eigenvalue weighted by atomic mass is 19.1. The quantitative estimate of drug-likeness (QED) is 0.823. The van der Waals surface area contributed by atoms with Gasteiger partial charge in [-0.1, -0.05) is 12.1 Å². The second-order valence-electron chi connectivity index (χ2n) is 5.22. The summed E-state index contributed by atoms with van der Waals surface area (Å²) in [4.78, 5) is 6.81. The third kappa shape index (κ3) is 3.01. The number of aryl methyl sites for hydroxylation is 1. The summed E-state index contributed by atoms with van der Waals surface area (Å²) in [6, 6.07) is 7.44. The maximum Gasteiger partial charge on any atom is 0.123 e. The number of nitrogens with zero attached hydrogens (tertiary/aromatic N) is 3. The van der Waals surface area contributed by atoms with E-state index in [0.29, 0.717) is 6.04 Å². The minimum atomic E-state index is -0.175. The zero-order valence-corrected chi connectivity index (χ0v) is 11.1. The minimum absolute atomic E-state index is 0.175. The molecule has 2 aromatic rings. The van der Waals surface area contributed by atoms with Gasteiger partial charge in [0.2, 0.25) is 0 Å². The lowest BCUT2D eigenvalue weighted by Gasteiger charge is -2.21. The van der Waals surface area contributed by atoms with E-state index in [9.17, 15) is 4.39 Å². The topological polar surface area (TPSA) is 21.1 Å². The first kappa shape index (κ1) is 12.4. The van der Waals surface area contributed by atoms with E-state index in [1.165, 1.54) is 25.0 Å². The maximum absolute atomic E-state index is 12.9. The van der Waals surface area contributed by atoms with E-state index < -0.39 is 0 Å². The first-order valence-electron chi connectivity index (χ1n) is 6.67. The van der Waals surface area contributed by atoms with Crippen molar-refractivity contribution in [3.05, 3.63) is 53.9 Å². The molecular weight excluding hydrogens is 241 g/mol. The maximum atomic E-state index is 12.9. The van der Waals surface area contributed by atoms with Gasteiger partial charge >= 0.3 is 0 Å². The van der Waals surface area contributed by atoms with Crippen molar-refractivity contribution in [3.8, 4) is 0 Å². The van der Waals surface area contributed by atoms with Crippen molar-refractivity contribution < 1.29 is 4.39 Å². The number of hydrogen-bond acceptors (Lipinski definition) is 2. The summed E-state index contributed by atoms with van der Waals surface area (Å²) >= 11 is 0. The molecule has 1 aromatic carbocycles. The van der Waals surface area contributed by atoms with Crippen LogP contribution in [0.2, 0.25) is 0 Å². The van der Waals surface area contributed by atoms with E-state index in [-0.39, 0.29) is 5.82 Å². The molecule has 3 nitrogen and oxygen atoms in total. The summed E-state index contributed by atoms with van der Waals surface area (Å²) in [5.41, 5.74) is 1.16. The molecule has 0 aliphatic heterocycles. The van der Waals surface area contributed by atoms with Gasteiger partial charge in [0.05, 0.1) is 6.54 Å². The summed E-state index contributed by atoms with van der Waals surface area (Å²) in [6.07, 6.45) is 6.31. The Bertz CT molecular complexity index is 543. The number of rotatable bonds is 5. The Labute approximate surface area is 112 Å². The van der Waals surface area contributed by atoms with Gasteiger partial charge in [0, 0.05) is 32.0 Å². The number of benzene rings is 1. The average molecular weight is 259 g/mol. The van der Waals surface area contributed by atoms with Crippen LogP contribution in [0.25, 0.3) is 0 Å². The van der Waals surface area contributed by atoms with Gasteiger partial charge in [-0.05, 0) is 30.5 Å². The first-order valence-corrected chi connectivity index (χ1v) is 6.67. The summed E-state index contributed by atoms with van der Waals surface area (Å²) < 4.78 is 15.0. The van der Waals surface area contributed by atoms with Crippen molar-refractivity contribution >= 4 is 0 Å². The average Bonchev–Trinajstić information content (AvgIpc) is 3.17. The second-order valence-corrected chi connectivity index (χ2v) is 5.22. The molecule has 0 N–H and O–H groups in total. The van der Waals surface area contributed by atoms with Gasteiger partial charge in [0.25, 0.3) is 0 Å². The summed E-state index contributed by atoms with van der Waals surface area (Å²) in [5, 5.41) is 0. The minimum Gasteiger partial charge on any atom is -0.337 e. The van der Waals surface area contributed by atoms with Crippen LogP contribution in [-0.4, -0.2) is 20.5 Å². The van der Waals surface area contributed by atoms with Gasteiger partial charge in [-0.3, -0.25) is 4.90 Å². The zero-order valence-electron chi connectivity index (χ0n) is 11.1. The predicted octanol–water partition coefficient (Wildman–Crippen LogP) is 2.72. The fraction of sp³-hybridized carbons (Fsp3) is 0.400. The molecule has 3 rings (SSSR count). The summed E-state index contributed by atoms with van der Waals surface area (Å²) in [6.45, 7) is 1.71. The molecule has 19 heavy (non-hydrogen) atoms. The largest absolute Gasteiger partial charge is 0.337 e. The van der Waals surface area contributed by atoms with Crippen LogP contribution < -0.4 is 0 Å². The van der Waals surface area contributed by atoms with Crippen LogP contribution >= 0.6 is 0 Å². The van der Waals surface area contributed by atoms with E-state index in [2.05, 4.69) is 14.5 Å². The first-order chi connectivity index (χ1) is 9.22. The Morgan fingerprint density at radius 3 is 2.58 bits per heavy atom. The van der Waals surface area contributed by atoms with E-state index in [1.807, 2.05) is 31.6 Å². The SMILES string of the molecule is Cn1ccnc1CN(Cc1ccc(F)cc1)C1CC1. The van der Waals surface area contributed by atoms with Gasteiger partial charge in [0.1, 0.15) is 11.6 Å². The van der Waals surface area contributed by atoms with Crippen molar-refractivity contribution in [1.29, 1.82) is 0 Å². The summed E-state index contributed by atoms with van der Waals surface area (Å²) in [5.74, 6) is 0.903. The monoisotopic (exact) mass is 259 g/mol. The fourth-order valence-corrected chi connectivity index (χ4v) is 2.31. The molecule has 0 amide bonds. The lowest BCUT2D eigenvalue weighted by molar-refractivity contribution is 0.237. The zero-order chi connectivity index (χ0) is 13.2. The van der Waals surface area contributed by atoms with Crippen LogP contribution in [0.15, 0.2) is 36.7 Å². The Balaban J connectivity index is 1.71. The lowest BCUT2D eigenvalue weighted by Crippen LogP contribution is -2.26. The highest BCUT2D eigenvalue weighted by Crippen LogP contribution is 2.29. The third-order valence-corrected chi connectivity index (χ3v) is 3.63. The summed E-state index contributed by atoms with van der Waals surface area (Å²) in [7, 11) is 2.02. The van der Waals surface area contributed by atoms with Crippen molar-refractivity contribution in [2.45, 2.75) is 32.0 Å². The Kier molecular flexibility index (Phi) is 3.34. The van der Waals surface area contributed by atoms with E-state index in [4.69, 9.17) is 0 Å². The molecule has 1 aliphatic rings. The molecule has 1 saturated carbocycles. The highest BCUT2D eigenvalue weighted by Gasteiger charge is 2.29. The normalized spacial score (nSPS) is 15.1. The molecule has 1 fully saturated rings. The third-order valence-electron chi connectivity index (χ3n) is 3.63. The van der Waals surface area contributed by atoms with Gasteiger partial charge in [0.15, 0.2) is 0 Å². The molecule has 0 spiro atoms. The van der Waals surface area contributed by atoms with Gasteiger partial charge in [-0.15, -0.1) is 0 Å². The molecule has 1 heterocycles. The van der Waals surface area contributed by atoms with Crippen LogP contribution in [0, 0.1) is 5.82 Å². The standard InChI is InChI=1S/C15H18FN3/c1-18-9-8-17-15(18)11-19(14-6-7-14)10-12-2-4-13(16)5-3-12/h2-5,8-9,14H,6-7,10-11H2,1H3. The Morgan fingerprint density at radius 1 is 1.26 bits per heavy atom. The fourth-order valence-electron chi connectivity index (χ4n) is 2.31. The van der Waals surface area contributed by atoms with Gasteiger partial charge < -0.3 is 4.57 Å². The van der Waals surface area contributed by atoms with Crippen LogP contribution in [0.1, 0.15) is 24.2 Å². The van der Waals surface area contributed by atoms with E-state index in [0.717, 1.165) is 24.5 Å². The van der Waals surface area contributed by atoms with E-state index in [1.54, 1.807) is 0 Å². The number of hydrogen-bond donors (Lipinski definition) is 0. The van der Waals surface area contributed by atoms with Crippen molar-refractivity contribution in [3.63, 3.8) is 0 Å². The molecule has 1 aromatic heterocycles. The van der Waals surface area contributed by atoms with Gasteiger partial charge in [-0.25, -0.2) is 9.37 Å². The highest BCUT2D eigenvalue weighted by molar-refractivity contribution is 5.16. The number of imidazole rings is 1.